The molecule has 2 aromatic heterocycles. The molecule has 42 heavy (non-hydrogen) atoms. The molecule has 2 fully saturated rings. The number of ether oxygens (including phenoxy) is 2. The number of thioether (sulfide) groups is 1. The molecule has 4 heterocycles. The summed E-state index contributed by atoms with van der Waals surface area (Å²) in [7, 11) is 0. The van der Waals surface area contributed by atoms with Crippen molar-refractivity contribution in [3.8, 4) is 11.3 Å². The molecular formula is C28H33F3N4O6S. The maximum Gasteiger partial charge on any atom is 0.194 e. The van der Waals surface area contributed by atoms with Crippen molar-refractivity contribution >= 4 is 11.8 Å². The minimum absolute atomic E-state index is 0.0378. The van der Waals surface area contributed by atoms with Crippen molar-refractivity contribution < 1.29 is 43.1 Å². The summed E-state index contributed by atoms with van der Waals surface area (Å²) in [6, 6.07) is 3.95. The Labute approximate surface area is 244 Å². The molecule has 0 saturated carbocycles. The molecular weight excluding hydrogens is 577 g/mol. The van der Waals surface area contributed by atoms with Crippen molar-refractivity contribution in [3.05, 3.63) is 65.4 Å². The van der Waals surface area contributed by atoms with Crippen molar-refractivity contribution in [1.29, 1.82) is 0 Å². The predicted octanol–water partition coefficient (Wildman–Crippen LogP) is 2.84. The fourth-order valence-electron chi connectivity index (χ4n) is 5.71. The molecule has 1 aromatic carbocycles. The summed E-state index contributed by atoms with van der Waals surface area (Å²) in [5.74, 6) is -4.44. The third-order valence-electron chi connectivity index (χ3n) is 7.76. The van der Waals surface area contributed by atoms with Crippen LogP contribution < -0.4 is 0 Å². The second-order valence-electron chi connectivity index (χ2n) is 11.4. The largest absolute Gasteiger partial charge is 0.394 e. The second kappa shape index (κ2) is 11.8. The van der Waals surface area contributed by atoms with Crippen LogP contribution in [0.25, 0.3) is 11.3 Å². The Morgan fingerprint density at radius 3 is 2.52 bits per heavy atom. The van der Waals surface area contributed by atoms with Crippen LogP contribution in [-0.2, 0) is 9.47 Å². The van der Waals surface area contributed by atoms with Crippen LogP contribution in [0.2, 0.25) is 0 Å². The Kier molecular flexibility index (Phi) is 8.69. The Morgan fingerprint density at radius 2 is 1.88 bits per heavy atom. The average Bonchev–Trinajstić information content (AvgIpc) is 3.41. The molecule has 3 aromatic rings. The molecule has 0 aliphatic carbocycles. The third kappa shape index (κ3) is 5.94. The number of benzene rings is 1. The number of nitrogens with zero attached hydrogens (tertiary/aromatic N) is 4. The van der Waals surface area contributed by atoms with E-state index in [1.54, 1.807) is 12.3 Å². The molecule has 2 saturated heterocycles. The SMILES string of the molecule is Cc1cccnc1[C@@H](S[C@@H]1O[C@H](CO)[C@H](O)[C@H](n2cc(-c3cc(F)c(F)c(F)c3)nn2)[C@H]1O)C1(O)CCOC(C)(C)C1. The first kappa shape index (κ1) is 30.9. The first-order chi connectivity index (χ1) is 19.8. The summed E-state index contributed by atoms with van der Waals surface area (Å²) in [6.45, 7) is 5.32. The molecule has 2 aliphatic rings. The maximum absolute atomic E-state index is 13.9. The van der Waals surface area contributed by atoms with Crippen molar-refractivity contribution in [1.82, 2.24) is 20.0 Å². The van der Waals surface area contributed by atoms with E-state index in [-0.39, 0.29) is 17.7 Å². The van der Waals surface area contributed by atoms with Crippen LogP contribution in [0.5, 0.6) is 0 Å². The molecule has 2 aliphatic heterocycles. The Bertz CT molecular complexity index is 1410. The zero-order chi connectivity index (χ0) is 30.4. The molecule has 228 valence electrons. The van der Waals surface area contributed by atoms with Crippen molar-refractivity contribution in [2.75, 3.05) is 13.2 Å². The van der Waals surface area contributed by atoms with Gasteiger partial charge in [0.2, 0.25) is 0 Å². The molecule has 10 nitrogen and oxygen atoms in total. The lowest BCUT2D eigenvalue weighted by molar-refractivity contribution is -0.179. The van der Waals surface area contributed by atoms with Gasteiger partial charge in [0.05, 0.1) is 41.6 Å². The summed E-state index contributed by atoms with van der Waals surface area (Å²) in [5.41, 5.74) is -1.78. The number of aliphatic hydroxyl groups excluding tert-OH is 3. The highest BCUT2D eigenvalue weighted by atomic mass is 32.2. The van der Waals surface area contributed by atoms with Gasteiger partial charge in [-0.15, -0.1) is 16.9 Å². The van der Waals surface area contributed by atoms with E-state index in [4.69, 9.17) is 9.47 Å². The van der Waals surface area contributed by atoms with Crippen LogP contribution in [0.1, 0.15) is 49.2 Å². The zero-order valence-corrected chi connectivity index (χ0v) is 24.0. The maximum atomic E-state index is 13.9. The number of rotatable bonds is 7. The highest BCUT2D eigenvalue weighted by Crippen LogP contribution is 2.51. The molecule has 0 bridgehead atoms. The van der Waals surface area contributed by atoms with Gasteiger partial charge in [-0.3, -0.25) is 4.98 Å². The molecule has 7 atom stereocenters. The van der Waals surface area contributed by atoms with E-state index in [1.807, 2.05) is 26.8 Å². The van der Waals surface area contributed by atoms with Gasteiger partial charge in [0, 0.05) is 24.6 Å². The number of aromatic nitrogens is 4. The van der Waals surface area contributed by atoms with Crippen LogP contribution in [-0.4, -0.2) is 88.6 Å². The molecule has 1 unspecified atom stereocenters. The normalized spacial score (nSPS) is 30.3. The van der Waals surface area contributed by atoms with Gasteiger partial charge in [-0.1, -0.05) is 11.3 Å². The molecule has 0 amide bonds. The first-order valence-electron chi connectivity index (χ1n) is 13.5. The summed E-state index contributed by atoms with van der Waals surface area (Å²) in [6.07, 6.45) is -0.647. The molecule has 4 N–H and O–H groups in total. The number of aryl methyl sites for hydroxylation is 1. The monoisotopic (exact) mass is 610 g/mol. The van der Waals surface area contributed by atoms with E-state index in [0.29, 0.717) is 18.7 Å². The summed E-state index contributed by atoms with van der Waals surface area (Å²) in [5, 5.41) is 51.8. The minimum atomic E-state index is -1.63. The lowest BCUT2D eigenvalue weighted by Crippen LogP contribution is -2.56. The van der Waals surface area contributed by atoms with E-state index < -0.39 is 70.3 Å². The summed E-state index contributed by atoms with van der Waals surface area (Å²) in [4.78, 5) is 4.55. The first-order valence-corrected chi connectivity index (χ1v) is 14.4. The fraction of sp³-hybridized carbons (Fsp3) is 0.536. The van der Waals surface area contributed by atoms with Crippen LogP contribution in [0.15, 0.2) is 36.7 Å². The van der Waals surface area contributed by atoms with Gasteiger partial charge in [0.25, 0.3) is 0 Å². The van der Waals surface area contributed by atoms with Crippen LogP contribution >= 0.6 is 11.8 Å². The smallest absolute Gasteiger partial charge is 0.194 e. The van der Waals surface area contributed by atoms with Gasteiger partial charge in [-0.2, -0.15) is 0 Å². The average molecular weight is 611 g/mol. The van der Waals surface area contributed by atoms with Gasteiger partial charge in [-0.25, -0.2) is 17.9 Å². The van der Waals surface area contributed by atoms with Gasteiger partial charge >= 0.3 is 0 Å². The van der Waals surface area contributed by atoms with Crippen molar-refractivity contribution in [2.24, 2.45) is 0 Å². The minimum Gasteiger partial charge on any atom is -0.394 e. The van der Waals surface area contributed by atoms with E-state index in [2.05, 4.69) is 15.3 Å². The zero-order valence-electron chi connectivity index (χ0n) is 23.2. The number of halogens is 3. The van der Waals surface area contributed by atoms with E-state index >= 15 is 0 Å². The Balaban J connectivity index is 1.49. The quantitative estimate of drug-likeness (QED) is 0.295. The number of hydrogen-bond acceptors (Lipinski definition) is 10. The standard InChI is InChI=1S/C28H33F3N4O6S/c1-14-5-4-7-32-21(14)25(28(39)6-8-40-27(2,3)13-28)42-26-24(38)22(23(37)19(12-36)41-26)35-11-18(33-34-35)15-9-16(29)20(31)17(30)10-15/h4-5,7,9-11,19,22-26,36-39H,6,8,12-13H2,1-3H3/t19-,22+,23+,24-,25-,26+,28?/m1/s1. The van der Waals surface area contributed by atoms with Crippen molar-refractivity contribution in [3.63, 3.8) is 0 Å². The lowest BCUT2D eigenvalue weighted by atomic mass is 9.80. The van der Waals surface area contributed by atoms with Crippen LogP contribution in [0, 0.1) is 24.4 Å². The van der Waals surface area contributed by atoms with Gasteiger partial charge in [-0.05, 0) is 44.5 Å². The molecule has 5 rings (SSSR count). The van der Waals surface area contributed by atoms with E-state index in [1.165, 1.54) is 6.20 Å². The Morgan fingerprint density at radius 1 is 1.17 bits per heavy atom. The highest BCUT2D eigenvalue weighted by Gasteiger charge is 2.52. The second-order valence-corrected chi connectivity index (χ2v) is 12.6. The Hall–Kier alpha value is -2.59. The summed E-state index contributed by atoms with van der Waals surface area (Å²) < 4.78 is 54.1. The topological polar surface area (TPSA) is 143 Å². The van der Waals surface area contributed by atoms with Crippen molar-refractivity contribution in [2.45, 2.75) is 79.9 Å². The van der Waals surface area contributed by atoms with E-state index in [0.717, 1.165) is 34.1 Å². The molecule has 14 heteroatoms. The third-order valence-corrected chi connectivity index (χ3v) is 9.35. The molecule has 0 radical (unpaired) electrons. The van der Waals surface area contributed by atoms with Gasteiger partial charge in [0.1, 0.15) is 35.5 Å². The molecule has 0 spiro atoms. The fourth-order valence-corrected chi connectivity index (χ4v) is 7.33. The van der Waals surface area contributed by atoms with Crippen LogP contribution in [0.3, 0.4) is 0 Å². The number of hydrogen-bond donors (Lipinski definition) is 4. The summed E-state index contributed by atoms with van der Waals surface area (Å²) >= 11 is 1.11. The predicted molar refractivity (Wildman–Crippen MR) is 146 cm³/mol. The van der Waals surface area contributed by atoms with E-state index in [9.17, 15) is 33.6 Å². The lowest BCUT2D eigenvalue weighted by Gasteiger charge is -2.48. The highest BCUT2D eigenvalue weighted by molar-refractivity contribution is 8.00. The van der Waals surface area contributed by atoms with Gasteiger partial charge < -0.3 is 29.9 Å². The van der Waals surface area contributed by atoms with Crippen LogP contribution in [0.4, 0.5) is 13.2 Å². The number of pyridine rings is 1. The number of aliphatic hydroxyl groups is 4. The van der Waals surface area contributed by atoms with Gasteiger partial charge in [0.15, 0.2) is 17.5 Å².